The first-order valence-corrected chi connectivity index (χ1v) is 10.2. The van der Waals surface area contributed by atoms with Crippen LogP contribution in [-0.4, -0.2) is 22.8 Å². The SMILES string of the molecule is C[C@]12CC[C@@H](O)C=C1C=C[C@H]1[C@H]3CC[C@@]4(CCC(=O)O4)[C@@]3(C)CC[C@@H]12. The van der Waals surface area contributed by atoms with E-state index in [-0.39, 0.29) is 28.5 Å². The summed E-state index contributed by atoms with van der Waals surface area (Å²) in [6, 6.07) is 0. The Labute approximate surface area is 150 Å². The molecule has 0 bridgehead atoms. The first-order chi connectivity index (χ1) is 11.9. The minimum atomic E-state index is -0.272. The van der Waals surface area contributed by atoms with Gasteiger partial charge in [-0.2, -0.15) is 0 Å². The minimum Gasteiger partial charge on any atom is -0.458 e. The third kappa shape index (κ3) is 1.94. The summed E-state index contributed by atoms with van der Waals surface area (Å²) in [6.07, 6.45) is 14.7. The Kier molecular flexibility index (Phi) is 3.22. The predicted molar refractivity (Wildman–Crippen MR) is 95.7 cm³/mol. The number of fused-ring (bicyclic) bond motifs is 6. The number of aliphatic hydroxyl groups is 1. The molecule has 0 radical (unpaired) electrons. The zero-order chi connectivity index (χ0) is 17.4. The average molecular weight is 342 g/mol. The van der Waals surface area contributed by atoms with Gasteiger partial charge in [0, 0.05) is 11.8 Å². The Morgan fingerprint density at radius 1 is 1.08 bits per heavy atom. The first kappa shape index (κ1) is 16.1. The third-order valence-corrected chi connectivity index (χ3v) is 8.97. The van der Waals surface area contributed by atoms with Crippen LogP contribution in [0.5, 0.6) is 0 Å². The van der Waals surface area contributed by atoms with Gasteiger partial charge in [0.2, 0.25) is 0 Å². The monoisotopic (exact) mass is 342 g/mol. The van der Waals surface area contributed by atoms with Gasteiger partial charge in [-0.1, -0.05) is 32.1 Å². The van der Waals surface area contributed by atoms with Gasteiger partial charge in [0.1, 0.15) is 5.60 Å². The summed E-state index contributed by atoms with van der Waals surface area (Å²) in [5, 5.41) is 10.1. The molecule has 0 unspecified atom stereocenters. The summed E-state index contributed by atoms with van der Waals surface area (Å²) in [5.74, 6) is 1.90. The van der Waals surface area contributed by atoms with Gasteiger partial charge in [0.15, 0.2) is 0 Å². The van der Waals surface area contributed by atoms with Crippen molar-refractivity contribution in [3.8, 4) is 0 Å². The Bertz CT molecular complexity index is 679. The molecular weight excluding hydrogens is 312 g/mol. The lowest BCUT2D eigenvalue weighted by Gasteiger charge is -2.57. The lowest BCUT2D eigenvalue weighted by atomic mass is 9.48. The summed E-state index contributed by atoms with van der Waals surface area (Å²) in [5.41, 5.74) is 1.52. The number of carbonyl (C=O) groups is 1. The molecule has 2 saturated carbocycles. The maximum Gasteiger partial charge on any atom is 0.306 e. The Hall–Kier alpha value is -1.09. The summed E-state index contributed by atoms with van der Waals surface area (Å²) in [7, 11) is 0. The number of aliphatic hydroxyl groups excluding tert-OH is 1. The van der Waals surface area contributed by atoms with E-state index in [1.165, 1.54) is 24.8 Å². The van der Waals surface area contributed by atoms with Gasteiger partial charge < -0.3 is 9.84 Å². The van der Waals surface area contributed by atoms with E-state index in [4.69, 9.17) is 4.74 Å². The molecule has 1 spiro atoms. The van der Waals surface area contributed by atoms with E-state index in [0.29, 0.717) is 24.2 Å². The van der Waals surface area contributed by atoms with Crippen molar-refractivity contribution >= 4 is 5.97 Å². The fourth-order valence-corrected chi connectivity index (χ4v) is 7.44. The predicted octanol–water partition coefficient (Wildman–Crippen LogP) is 4.16. The van der Waals surface area contributed by atoms with Crippen LogP contribution in [0.25, 0.3) is 0 Å². The van der Waals surface area contributed by atoms with Crippen LogP contribution in [0.3, 0.4) is 0 Å². The maximum absolute atomic E-state index is 11.9. The minimum absolute atomic E-state index is 0.0154. The van der Waals surface area contributed by atoms with Crippen molar-refractivity contribution < 1.29 is 14.6 Å². The van der Waals surface area contributed by atoms with Crippen LogP contribution >= 0.6 is 0 Å². The highest BCUT2D eigenvalue weighted by atomic mass is 16.6. The summed E-state index contributed by atoms with van der Waals surface area (Å²) < 4.78 is 6.00. The number of hydrogen-bond donors (Lipinski definition) is 1. The highest BCUT2D eigenvalue weighted by Gasteiger charge is 2.66. The molecule has 3 nitrogen and oxygen atoms in total. The van der Waals surface area contributed by atoms with Crippen molar-refractivity contribution in [2.24, 2.45) is 28.6 Å². The molecule has 1 aliphatic heterocycles. The van der Waals surface area contributed by atoms with Crippen molar-refractivity contribution in [3.05, 3.63) is 23.8 Å². The summed E-state index contributed by atoms with van der Waals surface area (Å²) in [6.45, 7) is 4.83. The topological polar surface area (TPSA) is 46.5 Å². The van der Waals surface area contributed by atoms with Crippen LogP contribution in [0.15, 0.2) is 23.8 Å². The number of allylic oxidation sites excluding steroid dienone is 3. The highest BCUT2D eigenvalue weighted by Crippen LogP contribution is 2.68. The van der Waals surface area contributed by atoms with Gasteiger partial charge >= 0.3 is 5.97 Å². The average Bonchev–Trinajstić information content (AvgIpc) is 3.10. The van der Waals surface area contributed by atoms with Gasteiger partial charge in [-0.25, -0.2) is 0 Å². The lowest BCUT2D eigenvalue weighted by Crippen LogP contribution is -2.53. The van der Waals surface area contributed by atoms with Crippen molar-refractivity contribution in [1.82, 2.24) is 0 Å². The number of carbonyl (C=O) groups excluding carboxylic acids is 1. The van der Waals surface area contributed by atoms with Gasteiger partial charge in [-0.3, -0.25) is 4.79 Å². The van der Waals surface area contributed by atoms with Gasteiger partial charge in [0.05, 0.1) is 6.10 Å². The Morgan fingerprint density at radius 3 is 2.64 bits per heavy atom. The van der Waals surface area contributed by atoms with Crippen LogP contribution in [-0.2, 0) is 9.53 Å². The van der Waals surface area contributed by atoms with Gasteiger partial charge in [-0.05, 0) is 73.7 Å². The Morgan fingerprint density at radius 2 is 1.88 bits per heavy atom. The molecule has 0 aromatic rings. The maximum atomic E-state index is 11.9. The molecule has 1 saturated heterocycles. The molecule has 3 fully saturated rings. The van der Waals surface area contributed by atoms with E-state index < -0.39 is 0 Å². The van der Waals surface area contributed by atoms with Gasteiger partial charge in [-0.15, -0.1) is 0 Å². The van der Waals surface area contributed by atoms with Crippen LogP contribution in [0.4, 0.5) is 0 Å². The van der Waals surface area contributed by atoms with Crippen molar-refractivity contribution in [2.45, 2.75) is 76.9 Å². The summed E-state index contributed by atoms with van der Waals surface area (Å²) in [4.78, 5) is 11.9. The van der Waals surface area contributed by atoms with Crippen LogP contribution in [0.1, 0.15) is 65.2 Å². The Balaban J connectivity index is 1.52. The third-order valence-electron chi connectivity index (χ3n) is 8.97. The van der Waals surface area contributed by atoms with E-state index in [9.17, 15) is 9.90 Å². The normalized spacial score (nSPS) is 53.9. The van der Waals surface area contributed by atoms with E-state index >= 15 is 0 Å². The molecule has 7 atom stereocenters. The standard InChI is InChI=1S/C22H30O3/c1-20-9-5-15(23)13-14(20)3-4-16-17(20)6-10-21(2)18(16)7-11-22(21)12-8-19(24)25-22/h3-4,13,15-18,23H,5-12H2,1-2H3/t15-,16-,17+,18-,20+,21+,22-/m1/s1. The molecule has 5 aliphatic rings. The first-order valence-electron chi connectivity index (χ1n) is 10.2. The molecule has 0 amide bonds. The van der Waals surface area contributed by atoms with E-state index in [1.807, 2.05) is 0 Å². The molecule has 5 rings (SSSR count). The van der Waals surface area contributed by atoms with Crippen molar-refractivity contribution in [1.29, 1.82) is 0 Å². The van der Waals surface area contributed by atoms with Crippen LogP contribution in [0, 0.1) is 28.6 Å². The molecule has 3 heteroatoms. The number of hydrogen-bond acceptors (Lipinski definition) is 3. The quantitative estimate of drug-likeness (QED) is 0.672. The fraction of sp³-hybridized carbons (Fsp3) is 0.773. The largest absolute Gasteiger partial charge is 0.458 e. The molecular formula is C22H30O3. The second-order valence-electron chi connectivity index (χ2n) is 9.76. The number of esters is 1. The second kappa shape index (κ2) is 5.00. The van der Waals surface area contributed by atoms with Crippen LogP contribution < -0.4 is 0 Å². The lowest BCUT2D eigenvalue weighted by molar-refractivity contribution is -0.165. The summed E-state index contributed by atoms with van der Waals surface area (Å²) >= 11 is 0. The van der Waals surface area contributed by atoms with E-state index in [0.717, 1.165) is 25.7 Å². The van der Waals surface area contributed by atoms with E-state index in [1.54, 1.807) is 0 Å². The van der Waals surface area contributed by atoms with Crippen molar-refractivity contribution in [3.63, 3.8) is 0 Å². The zero-order valence-corrected chi connectivity index (χ0v) is 15.5. The zero-order valence-electron chi connectivity index (χ0n) is 15.5. The van der Waals surface area contributed by atoms with Crippen molar-refractivity contribution in [2.75, 3.05) is 0 Å². The molecule has 25 heavy (non-hydrogen) atoms. The molecule has 1 heterocycles. The highest BCUT2D eigenvalue weighted by molar-refractivity contribution is 5.72. The molecule has 136 valence electrons. The van der Waals surface area contributed by atoms with E-state index in [2.05, 4.69) is 32.1 Å². The van der Waals surface area contributed by atoms with Gasteiger partial charge in [0.25, 0.3) is 0 Å². The fourth-order valence-electron chi connectivity index (χ4n) is 7.44. The smallest absolute Gasteiger partial charge is 0.306 e. The second-order valence-corrected chi connectivity index (χ2v) is 9.76. The molecule has 0 aromatic heterocycles. The number of rotatable bonds is 0. The molecule has 1 N–H and O–H groups in total. The van der Waals surface area contributed by atoms with Crippen LogP contribution in [0.2, 0.25) is 0 Å². The molecule has 4 aliphatic carbocycles. The number of ether oxygens (including phenoxy) is 1. The molecule has 0 aromatic carbocycles.